The minimum atomic E-state index is 0.437. The second-order valence-corrected chi connectivity index (χ2v) is 4.33. The van der Waals surface area contributed by atoms with Crippen LogP contribution in [0.25, 0.3) is 0 Å². The molecule has 3 heteroatoms. The number of anilines is 1. The first-order valence-corrected chi connectivity index (χ1v) is 5.83. The molecule has 0 amide bonds. The van der Waals surface area contributed by atoms with Gasteiger partial charge < -0.3 is 15.2 Å². The van der Waals surface area contributed by atoms with Crippen molar-refractivity contribution in [3.63, 3.8) is 0 Å². The Kier molecular flexibility index (Phi) is 3.67. The van der Waals surface area contributed by atoms with Crippen molar-refractivity contribution in [3.05, 3.63) is 23.8 Å². The Morgan fingerprint density at radius 2 is 2.00 bits per heavy atom. The lowest BCUT2D eigenvalue weighted by Crippen LogP contribution is -2.07. The van der Waals surface area contributed by atoms with Crippen molar-refractivity contribution in [1.29, 1.82) is 0 Å². The van der Waals surface area contributed by atoms with Crippen molar-refractivity contribution in [2.24, 2.45) is 0 Å². The van der Waals surface area contributed by atoms with Gasteiger partial charge in [-0.2, -0.15) is 0 Å². The summed E-state index contributed by atoms with van der Waals surface area (Å²) in [5, 5.41) is 0. The van der Waals surface area contributed by atoms with Crippen molar-refractivity contribution in [2.45, 2.75) is 38.4 Å². The third-order valence-corrected chi connectivity index (χ3v) is 3.01. The average molecular weight is 221 g/mol. The zero-order valence-corrected chi connectivity index (χ0v) is 9.74. The van der Waals surface area contributed by atoms with E-state index in [-0.39, 0.29) is 0 Å². The monoisotopic (exact) mass is 221 g/mol. The van der Waals surface area contributed by atoms with Gasteiger partial charge >= 0.3 is 0 Å². The van der Waals surface area contributed by atoms with Crippen LogP contribution in [-0.2, 0) is 11.3 Å². The number of ether oxygens (including phenoxy) is 2. The maximum absolute atomic E-state index is 5.83. The molecule has 0 atom stereocenters. The zero-order valence-electron chi connectivity index (χ0n) is 9.74. The Labute approximate surface area is 96.5 Å². The molecule has 16 heavy (non-hydrogen) atoms. The lowest BCUT2D eigenvalue weighted by atomic mass is 10.2. The van der Waals surface area contributed by atoms with Crippen molar-refractivity contribution < 1.29 is 9.47 Å². The summed E-state index contributed by atoms with van der Waals surface area (Å²) in [6.07, 6.45) is 5.42. The van der Waals surface area contributed by atoms with Crippen LogP contribution in [0.5, 0.6) is 5.75 Å². The van der Waals surface area contributed by atoms with Crippen molar-refractivity contribution >= 4 is 5.69 Å². The molecule has 0 radical (unpaired) electrons. The van der Waals surface area contributed by atoms with Gasteiger partial charge in [0.1, 0.15) is 5.75 Å². The first kappa shape index (κ1) is 11.3. The SMILES string of the molecule is COc1cc(N)cc(COC2CCCC2)c1. The van der Waals surface area contributed by atoms with Gasteiger partial charge in [-0.3, -0.25) is 0 Å². The molecule has 88 valence electrons. The van der Waals surface area contributed by atoms with E-state index in [0.29, 0.717) is 12.7 Å². The average Bonchev–Trinajstić information content (AvgIpc) is 2.78. The predicted molar refractivity (Wildman–Crippen MR) is 64.5 cm³/mol. The standard InChI is InChI=1S/C13H19NO2/c1-15-13-7-10(6-11(14)8-13)9-16-12-4-2-3-5-12/h6-8,12H,2-5,9,14H2,1H3. The molecule has 3 nitrogen and oxygen atoms in total. The van der Waals surface area contributed by atoms with Gasteiger partial charge in [0.2, 0.25) is 0 Å². The molecule has 1 aromatic carbocycles. The minimum Gasteiger partial charge on any atom is -0.497 e. The number of rotatable bonds is 4. The van der Waals surface area contributed by atoms with Crippen LogP contribution in [0.3, 0.4) is 0 Å². The van der Waals surface area contributed by atoms with E-state index >= 15 is 0 Å². The van der Waals surface area contributed by atoms with E-state index < -0.39 is 0 Å². The minimum absolute atomic E-state index is 0.437. The Morgan fingerprint density at radius 3 is 2.69 bits per heavy atom. The first-order chi connectivity index (χ1) is 7.78. The van der Waals surface area contributed by atoms with Gasteiger partial charge in [0.25, 0.3) is 0 Å². The number of methoxy groups -OCH3 is 1. The summed E-state index contributed by atoms with van der Waals surface area (Å²) in [7, 11) is 1.65. The van der Waals surface area contributed by atoms with Crippen LogP contribution in [0.4, 0.5) is 5.69 Å². The van der Waals surface area contributed by atoms with Crippen LogP contribution < -0.4 is 10.5 Å². The molecule has 0 aromatic heterocycles. The molecular weight excluding hydrogens is 202 g/mol. The van der Waals surface area contributed by atoms with Crippen LogP contribution in [0, 0.1) is 0 Å². The fourth-order valence-electron chi connectivity index (χ4n) is 2.16. The molecule has 1 aliphatic rings. The van der Waals surface area contributed by atoms with Crippen LogP contribution >= 0.6 is 0 Å². The van der Waals surface area contributed by atoms with E-state index in [0.717, 1.165) is 17.0 Å². The fraction of sp³-hybridized carbons (Fsp3) is 0.538. The molecule has 1 aliphatic carbocycles. The van der Waals surface area contributed by atoms with Crippen molar-refractivity contribution in [2.75, 3.05) is 12.8 Å². The maximum Gasteiger partial charge on any atom is 0.121 e. The van der Waals surface area contributed by atoms with E-state index in [1.54, 1.807) is 7.11 Å². The van der Waals surface area contributed by atoms with Crippen LogP contribution in [-0.4, -0.2) is 13.2 Å². The summed E-state index contributed by atoms with van der Waals surface area (Å²) >= 11 is 0. The van der Waals surface area contributed by atoms with E-state index in [1.165, 1.54) is 25.7 Å². The largest absolute Gasteiger partial charge is 0.497 e. The van der Waals surface area contributed by atoms with Crippen LogP contribution in [0.15, 0.2) is 18.2 Å². The summed E-state index contributed by atoms with van der Waals surface area (Å²) in [6, 6.07) is 5.74. The third-order valence-electron chi connectivity index (χ3n) is 3.01. The van der Waals surface area contributed by atoms with E-state index in [4.69, 9.17) is 15.2 Å². The molecule has 1 fully saturated rings. The highest BCUT2D eigenvalue weighted by molar-refractivity contribution is 5.47. The number of hydrogen-bond acceptors (Lipinski definition) is 3. The van der Waals surface area contributed by atoms with Gasteiger partial charge in [0, 0.05) is 11.8 Å². The molecule has 2 N–H and O–H groups in total. The first-order valence-electron chi connectivity index (χ1n) is 5.83. The number of nitrogens with two attached hydrogens (primary N) is 1. The fourth-order valence-corrected chi connectivity index (χ4v) is 2.16. The van der Waals surface area contributed by atoms with Gasteiger partial charge in [-0.05, 0) is 30.5 Å². The van der Waals surface area contributed by atoms with Crippen LogP contribution in [0.1, 0.15) is 31.2 Å². The summed E-state index contributed by atoms with van der Waals surface area (Å²) in [6.45, 7) is 0.631. The Morgan fingerprint density at radius 1 is 1.25 bits per heavy atom. The topological polar surface area (TPSA) is 44.5 Å². The number of hydrogen-bond donors (Lipinski definition) is 1. The van der Waals surface area contributed by atoms with Gasteiger partial charge in [0.05, 0.1) is 19.8 Å². The van der Waals surface area contributed by atoms with Gasteiger partial charge in [-0.15, -0.1) is 0 Å². The Hall–Kier alpha value is -1.22. The second-order valence-electron chi connectivity index (χ2n) is 4.33. The number of nitrogen functional groups attached to an aromatic ring is 1. The van der Waals surface area contributed by atoms with E-state index in [9.17, 15) is 0 Å². The summed E-state index contributed by atoms with van der Waals surface area (Å²) in [5.41, 5.74) is 7.60. The molecule has 0 unspecified atom stereocenters. The highest BCUT2D eigenvalue weighted by Gasteiger charge is 2.15. The molecule has 0 saturated heterocycles. The molecule has 0 spiro atoms. The molecule has 0 bridgehead atoms. The number of benzene rings is 1. The molecule has 2 rings (SSSR count). The summed E-state index contributed by atoms with van der Waals surface area (Å²) < 4.78 is 11.0. The van der Waals surface area contributed by atoms with E-state index in [2.05, 4.69) is 0 Å². The quantitative estimate of drug-likeness (QED) is 0.795. The third kappa shape index (κ3) is 2.89. The maximum atomic E-state index is 5.83. The molecule has 1 aromatic rings. The molecule has 0 aliphatic heterocycles. The van der Waals surface area contributed by atoms with Gasteiger partial charge in [-0.25, -0.2) is 0 Å². The normalized spacial score (nSPS) is 16.6. The second kappa shape index (κ2) is 5.21. The molecule has 1 saturated carbocycles. The Bertz CT molecular complexity index is 346. The molecule has 0 heterocycles. The highest BCUT2D eigenvalue weighted by atomic mass is 16.5. The van der Waals surface area contributed by atoms with Gasteiger partial charge in [0.15, 0.2) is 0 Å². The predicted octanol–water partition coefficient (Wildman–Crippen LogP) is 2.74. The summed E-state index contributed by atoms with van der Waals surface area (Å²) in [5.74, 6) is 0.796. The van der Waals surface area contributed by atoms with Crippen molar-refractivity contribution in [1.82, 2.24) is 0 Å². The lowest BCUT2D eigenvalue weighted by Gasteiger charge is -2.12. The zero-order chi connectivity index (χ0) is 11.4. The molecular formula is C13H19NO2. The smallest absolute Gasteiger partial charge is 0.121 e. The lowest BCUT2D eigenvalue weighted by molar-refractivity contribution is 0.0456. The highest BCUT2D eigenvalue weighted by Crippen LogP contribution is 2.24. The van der Waals surface area contributed by atoms with Crippen molar-refractivity contribution in [3.8, 4) is 5.75 Å². The van der Waals surface area contributed by atoms with E-state index in [1.807, 2.05) is 18.2 Å². The van der Waals surface area contributed by atoms with Gasteiger partial charge in [-0.1, -0.05) is 12.8 Å². The van der Waals surface area contributed by atoms with Crippen LogP contribution in [0.2, 0.25) is 0 Å². The Balaban J connectivity index is 1.94. The summed E-state index contributed by atoms with van der Waals surface area (Å²) in [4.78, 5) is 0.